The van der Waals surface area contributed by atoms with Gasteiger partial charge in [-0.25, -0.2) is 0 Å². The Hall–Kier alpha value is -0.120. The predicted octanol–water partition coefficient (Wildman–Crippen LogP) is 1.84. The lowest BCUT2D eigenvalue weighted by molar-refractivity contribution is -0.00443. The number of rotatable bonds is 4. The van der Waals surface area contributed by atoms with Crippen LogP contribution in [0.1, 0.15) is 44.9 Å². The number of hydrogen-bond acceptors (Lipinski definition) is 3. The maximum Gasteiger partial charge on any atom is 0.0725 e. The molecule has 0 aromatic heterocycles. The summed E-state index contributed by atoms with van der Waals surface area (Å²) in [4.78, 5) is 0. The van der Waals surface area contributed by atoms with Gasteiger partial charge in [-0.3, -0.25) is 0 Å². The third kappa shape index (κ3) is 3.44. The monoisotopic (exact) mass is 213 g/mol. The Labute approximate surface area is 92.3 Å². The maximum absolute atomic E-state index is 6.15. The molecule has 0 radical (unpaired) electrons. The normalized spacial score (nSPS) is 34.2. The van der Waals surface area contributed by atoms with Gasteiger partial charge in [0.15, 0.2) is 0 Å². The first-order chi connectivity index (χ1) is 7.36. The third-order valence-electron chi connectivity index (χ3n) is 3.54. The van der Waals surface area contributed by atoms with Crippen LogP contribution in [0.4, 0.5) is 0 Å². The van der Waals surface area contributed by atoms with Crippen LogP contribution in [0.5, 0.6) is 0 Å². The summed E-state index contributed by atoms with van der Waals surface area (Å²) in [6, 6.07) is 0.217. The van der Waals surface area contributed by atoms with Gasteiger partial charge in [0.2, 0.25) is 0 Å². The highest BCUT2D eigenvalue weighted by molar-refractivity contribution is 4.78. The molecule has 15 heavy (non-hydrogen) atoms. The van der Waals surface area contributed by atoms with Crippen LogP contribution < -0.4 is 5.73 Å². The van der Waals surface area contributed by atoms with E-state index in [0.717, 1.165) is 32.5 Å². The average molecular weight is 213 g/mol. The zero-order chi connectivity index (χ0) is 10.5. The van der Waals surface area contributed by atoms with Crippen LogP contribution >= 0.6 is 0 Å². The standard InChI is InChI=1S/C12H23NO2/c13-11(12-5-1-2-8-15-12)7-6-10-4-3-9-14-10/h10-12H,1-9,13H2. The molecule has 3 unspecified atom stereocenters. The van der Waals surface area contributed by atoms with Crippen molar-refractivity contribution in [1.82, 2.24) is 0 Å². The van der Waals surface area contributed by atoms with Gasteiger partial charge < -0.3 is 15.2 Å². The van der Waals surface area contributed by atoms with Crippen molar-refractivity contribution >= 4 is 0 Å². The molecule has 0 aliphatic carbocycles. The van der Waals surface area contributed by atoms with Gasteiger partial charge in [-0.15, -0.1) is 0 Å². The van der Waals surface area contributed by atoms with Crippen molar-refractivity contribution in [1.29, 1.82) is 0 Å². The minimum atomic E-state index is 0.217. The Morgan fingerprint density at radius 2 is 1.93 bits per heavy atom. The molecule has 2 aliphatic rings. The first-order valence-electron chi connectivity index (χ1n) is 6.35. The van der Waals surface area contributed by atoms with Gasteiger partial charge in [-0.2, -0.15) is 0 Å². The third-order valence-corrected chi connectivity index (χ3v) is 3.54. The summed E-state index contributed by atoms with van der Waals surface area (Å²) in [6.07, 6.45) is 9.01. The fourth-order valence-electron chi connectivity index (χ4n) is 2.54. The number of ether oxygens (including phenoxy) is 2. The van der Waals surface area contributed by atoms with E-state index in [1.807, 2.05) is 0 Å². The highest BCUT2D eigenvalue weighted by atomic mass is 16.5. The highest BCUT2D eigenvalue weighted by Crippen LogP contribution is 2.21. The second-order valence-electron chi connectivity index (χ2n) is 4.78. The minimum Gasteiger partial charge on any atom is -0.378 e. The molecule has 2 aliphatic heterocycles. The van der Waals surface area contributed by atoms with Gasteiger partial charge in [-0.05, 0) is 44.9 Å². The lowest BCUT2D eigenvalue weighted by Gasteiger charge is -2.28. The van der Waals surface area contributed by atoms with Gasteiger partial charge in [0.25, 0.3) is 0 Å². The molecule has 2 saturated heterocycles. The fourth-order valence-corrected chi connectivity index (χ4v) is 2.54. The Morgan fingerprint density at radius 1 is 1.07 bits per heavy atom. The van der Waals surface area contributed by atoms with Gasteiger partial charge in [-0.1, -0.05) is 0 Å². The summed E-state index contributed by atoms with van der Waals surface area (Å²) in [5.41, 5.74) is 6.15. The first kappa shape index (κ1) is 11.4. The van der Waals surface area contributed by atoms with Crippen LogP contribution in [0.2, 0.25) is 0 Å². The molecule has 2 rings (SSSR count). The van der Waals surface area contributed by atoms with E-state index in [9.17, 15) is 0 Å². The zero-order valence-corrected chi connectivity index (χ0v) is 9.49. The molecule has 0 amide bonds. The van der Waals surface area contributed by atoms with Crippen molar-refractivity contribution in [2.24, 2.45) is 5.73 Å². The topological polar surface area (TPSA) is 44.5 Å². The van der Waals surface area contributed by atoms with Crippen molar-refractivity contribution in [2.45, 2.75) is 63.2 Å². The molecule has 0 aromatic carbocycles. The lowest BCUT2D eigenvalue weighted by atomic mass is 9.97. The summed E-state index contributed by atoms with van der Waals surface area (Å²) in [6.45, 7) is 1.85. The van der Waals surface area contributed by atoms with Crippen molar-refractivity contribution in [3.8, 4) is 0 Å². The Balaban J connectivity index is 1.64. The van der Waals surface area contributed by atoms with Gasteiger partial charge in [0.1, 0.15) is 0 Å². The van der Waals surface area contributed by atoms with E-state index >= 15 is 0 Å². The van der Waals surface area contributed by atoms with Gasteiger partial charge in [0, 0.05) is 19.3 Å². The molecule has 0 bridgehead atoms. The van der Waals surface area contributed by atoms with Crippen LogP contribution in [0, 0.1) is 0 Å². The van der Waals surface area contributed by atoms with E-state index in [1.165, 1.54) is 25.7 Å². The van der Waals surface area contributed by atoms with Crippen molar-refractivity contribution in [3.63, 3.8) is 0 Å². The summed E-state index contributed by atoms with van der Waals surface area (Å²) in [5.74, 6) is 0. The average Bonchev–Trinajstić information content (AvgIpc) is 2.80. The van der Waals surface area contributed by atoms with Crippen molar-refractivity contribution < 1.29 is 9.47 Å². The molecule has 3 heteroatoms. The molecule has 88 valence electrons. The molecular weight excluding hydrogens is 190 g/mol. The van der Waals surface area contributed by atoms with Gasteiger partial charge >= 0.3 is 0 Å². The van der Waals surface area contributed by atoms with E-state index in [1.54, 1.807) is 0 Å². The quantitative estimate of drug-likeness (QED) is 0.775. The second-order valence-corrected chi connectivity index (χ2v) is 4.78. The lowest BCUT2D eigenvalue weighted by Crippen LogP contribution is -2.39. The van der Waals surface area contributed by atoms with Crippen molar-refractivity contribution in [2.75, 3.05) is 13.2 Å². The molecule has 2 fully saturated rings. The van der Waals surface area contributed by atoms with Crippen LogP contribution in [0.15, 0.2) is 0 Å². The van der Waals surface area contributed by atoms with E-state index in [2.05, 4.69) is 0 Å². The second kappa shape index (κ2) is 5.83. The summed E-state index contributed by atoms with van der Waals surface area (Å²) >= 11 is 0. The van der Waals surface area contributed by atoms with Crippen LogP contribution in [0.3, 0.4) is 0 Å². The number of nitrogens with two attached hydrogens (primary N) is 1. The molecule has 0 spiro atoms. The van der Waals surface area contributed by atoms with Crippen LogP contribution in [0.25, 0.3) is 0 Å². The van der Waals surface area contributed by atoms with E-state index in [-0.39, 0.29) is 6.04 Å². The van der Waals surface area contributed by atoms with Gasteiger partial charge in [0.05, 0.1) is 12.2 Å². The summed E-state index contributed by atoms with van der Waals surface area (Å²) < 4.78 is 11.3. The molecule has 3 atom stereocenters. The first-order valence-corrected chi connectivity index (χ1v) is 6.35. The molecule has 0 saturated carbocycles. The minimum absolute atomic E-state index is 0.217. The Morgan fingerprint density at radius 3 is 2.60 bits per heavy atom. The summed E-state index contributed by atoms with van der Waals surface area (Å²) in [5, 5.41) is 0. The van der Waals surface area contributed by atoms with E-state index < -0.39 is 0 Å². The van der Waals surface area contributed by atoms with Crippen LogP contribution in [-0.2, 0) is 9.47 Å². The SMILES string of the molecule is NC(CCC1CCCO1)C1CCCCO1. The largest absolute Gasteiger partial charge is 0.378 e. The maximum atomic E-state index is 6.15. The molecular formula is C12H23NO2. The predicted molar refractivity (Wildman–Crippen MR) is 59.8 cm³/mol. The van der Waals surface area contributed by atoms with Crippen LogP contribution in [-0.4, -0.2) is 31.5 Å². The Bertz CT molecular complexity index is 174. The molecule has 3 nitrogen and oxygen atoms in total. The smallest absolute Gasteiger partial charge is 0.0725 e. The van der Waals surface area contributed by atoms with E-state index in [4.69, 9.17) is 15.2 Å². The molecule has 2 heterocycles. The molecule has 0 aromatic rings. The highest BCUT2D eigenvalue weighted by Gasteiger charge is 2.23. The Kier molecular flexibility index (Phi) is 4.42. The van der Waals surface area contributed by atoms with Crippen molar-refractivity contribution in [3.05, 3.63) is 0 Å². The van der Waals surface area contributed by atoms with E-state index in [0.29, 0.717) is 12.2 Å². The summed E-state index contributed by atoms with van der Waals surface area (Å²) in [7, 11) is 0. The fraction of sp³-hybridized carbons (Fsp3) is 1.00. The zero-order valence-electron chi connectivity index (χ0n) is 9.49. The molecule has 2 N–H and O–H groups in total. The number of hydrogen-bond donors (Lipinski definition) is 1.